The summed E-state index contributed by atoms with van der Waals surface area (Å²) in [6.45, 7) is 9.20. The number of morpholine rings is 1. The van der Waals surface area contributed by atoms with Gasteiger partial charge in [0.25, 0.3) is 0 Å². The summed E-state index contributed by atoms with van der Waals surface area (Å²) >= 11 is 0. The number of sulfonamides is 1. The van der Waals surface area contributed by atoms with Crippen LogP contribution in [-0.4, -0.2) is 86.8 Å². The minimum atomic E-state index is -3.28. The predicted octanol–water partition coefficient (Wildman–Crippen LogP) is 4.43. The molecule has 0 saturated carbocycles. The van der Waals surface area contributed by atoms with Crippen molar-refractivity contribution in [3.8, 4) is 11.3 Å². The van der Waals surface area contributed by atoms with E-state index in [1.807, 2.05) is 31.4 Å². The Kier molecular flexibility index (Phi) is 8.11. The number of aromatic nitrogens is 5. The average molecular weight is 627 g/mol. The lowest BCUT2D eigenvalue weighted by Gasteiger charge is -2.47. The summed E-state index contributed by atoms with van der Waals surface area (Å²) in [6, 6.07) is 6.70. The molecule has 2 aliphatic heterocycles. The summed E-state index contributed by atoms with van der Waals surface area (Å²) in [5.74, 6) is 0.0411. The van der Waals surface area contributed by atoms with Crippen LogP contribution in [0.2, 0.25) is 0 Å². The fraction of sp³-hybridized carbons (Fsp3) is 0.467. The topological polar surface area (TPSA) is 118 Å². The van der Waals surface area contributed by atoms with E-state index in [2.05, 4.69) is 30.2 Å². The van der Waals surface area contributed by atoms with Gasteiger partial charge in [0.15, 0.2) is 11.6 Å². The molecule has 1 spiro atoms. The number of fused-ring (bicyclic) bond motifs is 1. The summed E-state index contributed by atoms with van der Waals surface area (Å²) in [5.41, 5.74) is 1.52. The van der Waals surface area contributed by atoms with Gasteiger partial charge in [0, 0.05) is 50.5 Å². The van der Waals surface area contributed by atoms with Crippen LogP contribution in [0.1, 0.15) is 44.1 Å². The van der Waals surface area contributed by atoms with Crippen molar-refractivity contribution in [1.82, 2.24) is 33.7 Å². The van der Waals surface area contributed by atoms with E-state index in [9.17, 15) is 12.8 Å². The van der Waals surface area contributed by atoms with Crippen LogP contribution in [0.5, 0.6) is 0 Å². The van der Waals surface area contributed by atoms with Crippen LogP contribution in [0, 0.1) is 18.6 Å². The van der Waals surface area contributed by atoms with Crippen LogP contribution in [0.3, 0.4) is 0 Å². The molecular formula is C30H36F2N8O3S. The highest BCUT2D eigenvalue weighted by molar-refractivity contribution is 7.88. The van der Waals surface area contributed by atoms with E-state index in [-0.39, 0.29) is 28.8 Å². The van der Waals surface area contributed by atoms with Gasteiger partial charge in [0.05, 0.1) is 30.2 Å². The van der Waals surface area contributed by atoms with E-state index in [4.69, 9.17) is 4.74 Å². The minimum absolute atomic E-state index is 0.0347. The quantitative estimate of drug-likeness (QED) is 0.318. The number of nitrogens with one attached hydrogen (secondary N) is 1. The average Bonchev–Trinajstić information content (AvgIpc) is 3.31. The summed E-state index contributed by atoms with van der Waals surface area (Å²) < 4.78 is 63.8. The number of hydrogen-bond donors (Lipinski definition) is 1. The lowest BCUT2D eigenvalue weighted by molar-refractivity contribution is -0.131. The third-order valence-corrected chi connectivity index (χ3v) is 9.48. The number of aryl methyl sites for hydroxylation is 1. The summed E-state index contributed by atoms with van der Waals surface area (Å²) in [7, 11) is -3.28. The summed E-state index contributed by atoms with van der Waals surface area (Å²) in [5, 5.41) is 3.02. The third-order valence-electron chi connectivity index (χ3n) is 8.23. The Morgan fingerprint density at radius 3 is 2.61 bits per heavy atom. The predicted molar refractivity (Wildman–Crippen MR) is 163 cm³/mol. The van der Waals surface area contributed by atoms with E-state index in [0.717, 1.165) is 31.1 Å². The van der Waals surface area contributed by atoms with Gasteiger partial charge in [-0.3, -0.25) is 4.90 Å². The van der Waals surface area contributed by atoms with Crippen molar-refractivity contribution < 1.29 is 21.9 Å². The number of halogens is 2. The molecule has 2 fully saturated rings. The summed E-state index contributed by atoms with van der Waals surface area (Å²) in [4.78, 5) is 19.5. The number of rotatable bonds is 7. The standard InChI is InChI=1S/C30H36F2N8O3S/c1-19(2)40-20(3)35-28-23(31)12-22(13-25(28)40)27-24(32)15-34-29(37-27)36-26-7-6-21(14-33-26)16-38-10-11-43-30(17-38)8-5-9-39(18-30)44(4,41)42/h6-7,12-15,19H,5,8-11,16-18H2,1-4H3,(H,33,34,36,37)/t30-/m0/s1. The van der Waals surface area contributed by atoms with Gasteiger partial charge >= 0.3 is 0 Å². The van der Waals surface area contributed by atoms with Crippen molar-refractivity contribution in [2.24, 2.45) is 0 Å². The van der Waals surface area contributed by atoms with E-state index >= 15 is 4.39 Å². The molecule has 0 bridgehead atoms. The van der Waals surface area contributed by atoms with Crippen LogP contribution in [0.25, 0.3) is 22.3 Å². The number of nitrogens with zero attached hydrogens (tertiary/aromatic N) is 7. The van der Waals surface area contributed by atoms with Crippen molar-refractivity contribution in [3.63, 3.8) is 0 Å². The highest BCUT2D eigenvalue weighted by Gasteiger charge is 2.42. The third kappa shape index (κ3) is 6.16. The van der Waals surface area contributed by atoms with Gasteiger partial charge in [0.2, 0.25) is 16.0 Å². The molecule has 4 aromatic rings. The first-order valence-corrected chi connectivity index (χ1v) is 16.5. The lowest BCUT2D eigenvalue weighted by atomic mass is 9.92. The number of anilines is 2. The van der Waals surface area contributed by atoms with E-state index in [1.54, 1.807) is 18.3 Å². The lowest BCUT2D eigenvalue weighted by Crippen LogP contribution is -2.60. The van der Waals surface area contributed by atoms with Crippen molar-refractivity contribution in [2.75, 3.05) is 44.4 Å². The van der Waals surface area contributed by atoms with Gasteiger partial charge < -0.3 is 14.6 Å². The Balaban J connectivity index is 1.16. The van der Waals surface area contributed by atoms with Gasteiger partial charge in [-0.15, -0.1) is 0 Å². The van der Waals surface area contributed by atoms with E-state index in [0.29, 0.717) is 49.9 Å². The highest BCUT2D eigenvalue weighted by Crippen LogP contribution is 2.32. The van der Waals surface area contributed by atoms with Crippen LogP contribution in [-0.2, 0) is 21.3 Å². The number of ether oxygens (including phenoxy) is 1. The molecule has 0 amide bonds. The number of pyridine rings is 1. The Morgan fingerprint density at radius 2 is 1.89 bits per heavy atom. The molecular weight excluding hydrogens is 590 g/mol. The number of benzene rings is 1. The molecule has 44 heavy (non-hydrogen) atoms. The van der Waals surface area contributed by atoms with Gasteiger partial charge in [-0.1, -0.05) is 6.07 Å². The van der Waals surface area contributed by atoms with Gasteiger partial charge in [-0.05, 0) is 57.4 Å². The smallest absolute Gasteiger partial charge is 0.229 e. The normalized spacial score (nSPS) is 20.2. The Morgan fingerprint density at radius 1 is 1.07 bits per heavy atom. The van der Waals surface area contributed by atoms with Crippen molar-refractivity contribution >= 4 is 32.8 Å². The van der Waals surface area contributed by atoms with Gasteiger partial charge in [-0.2, -0.15) is 4.31 Å². The molecule has 1 aromatic carbocycles. The summed E-state index contributed by atoms with van der Waals surface area (Å²) in [6.07, 6.45) is 5.63. The second-order valence-electron chi connectivity index (χ2n) is 12.0. The van der Waals surface area contributed by atoms with Gasteiger partial charge in [0.1, 0.15) is 22.9 Å². The molecule has 0 radical (unpaired) electrons. The first-order valence-electron chi connectivity index (χ1n) is 14.7. The minimum Gasteiger partial charge on any atom is -0.371 e. The second kappa shape index (κ2) is 11.7. The molecule has 0 aliphatic carbocycles. The van der Waals surface area contributed by atoms with Crippen molar-refractivity contribution in [2.45, 2.75) is 51.8 Å². The monoisotopic (exact) mass is 626 g/mol. The Labute approximate surface area is 255 Å². The molecule has 5 heterocycles. The molecule has 11 nitrogen and oxygen atoms in total. The fourth-order valence-corrected chi connectivity index (χ4v) is 7.23. The number of hydrogen-bond acceptors (Lipinski definition) is 9. The van der Waals surface area contributed by atoms with Crippen LogP contribution < -0.4 is 5.32 Å². The highest BCUT2D eigenvalue weighted by atomic mass is 32.2. The van der Waals surface area contributed by atoms with E-state index in [1.165, 1.54) is 16.6 Å². The molecule has 1 N–H and O–H groups in total. The van der Waals surface area contributed by atoms with Crippen LogP contribution in [0.4, 0.5) is 20.5 Å². The van der Waals surface area contributed by atoms with Crippen LogP contribution >= 0.6 is 0 Å². The first-order chi connectivity index (χ1) is 20.9. The van der Waals surface area contributed by atoms with Gasteiger partial charge in [-0.25, -0.2) is 37.1 Å². The fourth-order valence-electron chi connectivity index (χ4n) is 6.30. The maximum absolute atomic E-state index is 15.0. The second-order valence-corrected chi connectivity index (χ2v) is 13.9. The molecule has 2 saturated heterocycles. The maximum Gasteiger partial charge on any atom is 0.229 e. The molecule has 2 aliphatic rings. The SMILES string of the molecule is Cc1nc2c(F)cc(-c3nc(Nc4ccc(CN5CCO[C@@]6(CCCN(S(C)(=O)=O)C6)C5)cn4)ncc3F)cc2n1C(C)C. The number of piperidine rings is 1. The van der Waals surface area contributed by atoms with Crippen LogP contribution in [0.15, 0.2) is 36.7 Å². The van der Waals surface area contributed by atoms with E-state index < -0.39 is 27.3 Å². The molecule has 0 unspecified atom stereocenters. The molecule has 6 rings (SSSR count). The Hall–Kier alpha value is -3.59. The van der Waals surface area contributed by atoms with Crippen molar-refractivity contribution in [1.29, 1.82) is 0 Å². The molecule has 234 valence electrons. The Bertz CT molecular complexity index is 1790. The maximum atomic E-state index is 15.0. The zero-order chi connectivity index (χ0) is 31.2. The first kappa shape index (κ1) is 30.4. The van der Waals surface area contributed by atoms with Crippen molar-refractivity contribution in [3.05, 3.63) is 59.7 Å². The largest absolute Gasteiger partial charge is 0.371 e. The number of imidazole rings is 1. The zero-order valence-corrected chi connectivity index (χ0v) is 26.0. The molecule has 3 aromatic heterocycles. The molecule has 1 atom stereocenters. The zero-order valence-electron chi connectivity index (χ0n) is 25.2. The molecule has 14 heteroatoms.